The van der Waals surface area contributed by atoms with Gasteiger partial charge in [-0.2, -0.15) is 0 Å². The van der Waals surface area contributed by atoms with Crippen molar-refractivity contribution in [2.75, 3.05) is 33.2 Å². The molecule has 1 aliphatic rings. The number of carbonyl (C=O) groups excluding carboxylic acids is 1. The number of benzene rings is 1. The van der Waals surface area contributed by atoms with Crippen molar-refractivity contribution in [3.63, 3.8) is 0 Å². The summed E-state index contributed by atoms with van der Waals surface area (Å²) in [5.74, 6) is 13.1. The average Bonchev–Trinajstić information content (AvgIpc) is 3.46. The molecule has 1 N–H and O–H groups in total. The molecule has 1 saturated heterocycles. The Bertz CT molecular complexity index is 1230. The summed E-state index contributed by atoms with van der Waals surface area (Å²) < 4.78 is 7.33. The molecule has 0 saturated carbocycles. The quantitative estimate of drug-likeness (QED) is 0.605. The SMILES string of the molecule is C[C@H](O)c1nccn1Cc1cc(-c2ccc(C#CC#CCN3CCN(C)C(=O)C3)cc2)on1. The molecule has 2 aromatic heterocycles. The number of rotatable bonds is 5. The number of aliphatic hydroxyl groups excluding tert-OH is 1. The van der Waals surface area contributed by atoms with Crippen LogP contribution >= 0.6 is 0 Å². The van der Waals surface area contributed by atoms with Crippen LogP contribution in [0.4, 0.5) is 0 Å². The number of aromatic nitrogens is 3. The third-order valence-corrected chi connectivity index (χ3v) is 5.38. The molecule has 4 rings (SSSR count). The summed E-state index contributed by atoms with van der Waals surface area (Å²) in [5, 5.41) is 13.9. The predicted octanol–water partition coefficient (Wildman–Crippen LogP) is 1.77. The van der Waals surface area contributed by atoms with Crippen molar-refractivity contribution >= 4 is 5.91 Å². The Morgan fingerprint density at radius 2 is 2.03 bits per heavy atom. The van der Waals surface area contributed by atoms with Crippen LogP contribution in [-0.2, 0) is 11.3 Å². The van der Waals surface area contributed by atoms with E-state index in [1.165, 1.54) is 0 Å². The third-order valence-electron chi connectivity index (χ3n) is 5.38. The first-order valence-electron chi connectivity index (χ1n) is 10.7. The predicted molar refractivity (Wildman–Crippen MR) is 123 cm³/mol. The Hall–Kier alpha value is -3.85. The molecule has 1 aliphatic heterocycles. The van der Waals surface area contributed by atoms with Crippen molar-refractivity contribution in [3.8, 4) is 35.0 Å². The summed E-state index contributed by atoms with van der Waals surface area (Å²) in [6, 6.07) is 9.55. The van der Waals surface area contributed by atoms with Crippen LogP contribution in [-0.4, -0.2) is 68.7 Å². The number of piperazine rings is 1. The Morgan fingerprint density at radius 3 is 2.79 bits per heavy atom. The molecule has 0 radical (unpaired) electrons. The van der Waals surface area contributed by atoms with E-state index >= 15 is 0 Å². The number of hydrogen-bond donors (Lipinski definition) is 1. The second-order valence-electron chi connectivity index (χ2n) is 7.93. The molecule has 0 aliphatic carbocycles. The molecule has 3 aromatic rings. The lowest BCUT2D eigenvalue weighted by atomic mass is 10.1. The molecule has 8 heteroatoms. The first-order chi connectivity index (χ1) is 16.0. The number of imidazole rings is 1. The molecule has 1 aromatic carbocycles. The highest BCUT2D eigenvalue weighted by molar-refractivity contribution is 5.78. The Morgan fingerprint density at radius 1 is 1.21 bits per heavy atom. The van der Waals surface area contributed by atoms with Crippen molar-refractivity contribution < 1.29 is 14.4 Å². The molecule has 33 heavy (non-hydrogen) atoms. The van der Waals surface area contributed by atoms with Gasteiger partial charge in [0.1, 0.15) is 17.6 Å². The van der Waals surface area contributed by atoms with Crippen molar-refractivity contribution in [2.45, 2.75) is 19.6 Å². The minimum Gasteiger partial charge on any atom is -0.385 e. The highest BCUT2D eigenvalue weighted by atomic mass is 16.5. The number of carbonyl (C=O) groups is 1. The van der Waals surface area contributed by atoms with Gasteiger partial charge in [0, 0.05) is 49.7 Å². The monoisotopic (exact) mass is 443 g/mol. The summed E-state index contributed by atoms with van der Waals surface area (Å²) >= 11 is 0. The van der Waals surface area contributed by atoms with Crippen LogP contribution < -0.4 is 0 Å². The number of nitrogens with zero attached hydrogens (tertiary/aromatic N) is 5. The lowest BCUT2D eigenvalue weighted by Crippen LogP contribution is -2.48. The summed E-state index contributed by atoms with van der Waals surface area (Å²) in [7, 11) is 1.82. The Kier molecular flexibility index (Phi) is 6.89. The largest absolute Gasteiger partial charge is 0.385 e. The first kappa shape index (κ1) is 22.3. The van der Waals surface area contributed by atoms with Crippen LogP contribution in [0.2, 0.25) is 0 Å². The number of aliphatic hydroxyl groups is 1. The minimum atomic E-state index is -0.652. The zero-order valence-corrected chi connectivity index (χ0v) is 18.7. The van der Waals surface area contributed by atoms with Gasteiger partial charge in [-0.1, -0.05) is 17.0 Å². The van der Waals surface area contributed by atoms with Crippen molar-refractivity contribution in [3.05, 3.63) is 59.8 Å². The lowest BCUT2D eigenvalue weighted by molar-refractivity contribution is -0.134. The van der Waals surface area contributed by atoms with Crippen molar-refractivity contribution in [1.29, 1.82) is 0 Å². The second-order valence-corrected chi connectivity index (χ2v) is 7.93. The van der Waals surface area contributed by atoms with E-state index in [0.717, 1.165) is 29.9 Å². The molecule has 1 amide bonds. The maximum absolute atomic E-state index is 11.7. The van der Waals surface area contributed by atoms with Gasteiger partial charge in [-0.25, -0.2) is 4.98 Å². The van der Waals surface area contributed by atoms with E-state index < -0.39 is 6.10 Å². The van der Waals surface area contributed by atoms with Crippen LogP contribution in [0.5, 0.6) is 0 Å². The number of hydrogen-bond acceptors (Lipinski definition) is 6. The fraction of sp³-hybridized carbons (Fsp3) is 0.320. The Balaban J connectivity index is 1.33. The van der Waals surface area contributed by atoms with Gasteiger partial charge < -0.3 is 19.1 Å². The van der Waals surface area contributed by atoms with Crippen molar-refractivity contribution in [2.24, 2.45) is 0 Å². The first-order valence-corrected chi connectivity index (χ1v) is 10.7. The van der Waals surface area contributed by atoms with Gasteiger partial charge in [0.25, 0.3) is 0 Å². The number of likely N-dealkylation sites (N-methyl/N-ethyl adjacent to an activating group) is 1. The fourth-order valence-electron chi connectivity index (χ4n) is 3.48. The Labute approximate surface area is 192 Å². The van der Waals surface area contributed by atoms with Gasteiger partial charge in [-0.15, -0.1) is 0 Å². The van der Waals surface area contributed by atoms with Crippen LogP contribution in [0.1, 0.15) is 30.1 Å². The van der Waals surface area contributed by atoms with E-state index in [0.29, 0.717) is 31.2 Å². The number of amides is 1. The third kappa shape index (κ3) is 5.69. The summed E-state index contributed by atoms with van der Waals surface area (Å²) in [5.41, 5.74) is 2.49. The van der Waals surface area contributed by atoms with Crippen molar-refractivity contribution in [1.82, 2.24) is 24.5 Å². The average molecular weight is 444 g/mol. The molecule has 1 atom stereocenters. The lowest BCUT2D eigenvalue weighted by Gasteiger charge is -2.30. The van der Waals surface area contributed by atoms with E-state index in [2.05, 4.69) is 33.8 Å². The molecule has 0 unspecified atom stereocenters. The fourth-order valence-corrected chi connectivity index (χ4v) is 3.48. The zero-order valence-electron chi connectivity index (χ0n) is 18.7. The van der Waals surface area contributed by atoms with Gasteiger partial charge >= 0.3 is 0 Å². The van der Waals surface area contributed by atoms with E-state index in [1.54, 1.807) is 24.2 Å². The van der Waals surface area contributed by atoms with Crippen LogP contribution in [0.3, 0.4) is 0 Å². The minimum absolute atomic E-state index is 0.124. The molecular formula is C25H25N5O3. The van der Waals surface area contributed by atoms with E-state index in [-0.39, 0.29) is 5.91 Å². The maximum Gasteiger partial charge on any atom is 0.236 e. The molecule has 3 heterocycles. The van der Waals surface area contributed by atoms with Gasteiger partial charge in [0.2, 0.25) is 5.91 Å². The molecule has 168 valence electrons. The molecule has 0 spiro atoms. The second kappa shape index (κ2) is 10.2. The van der Waals surface area contributed by atoms with E-state index in [1.807, 2.05) is 46.8 Å². The molecule has 0 bridgehead atoms. The van der Waals surface area contributed by atoms with Gasteiger partial charge in [-0.3, -0.25) is 9.69 Å². The summed E-state index contributed by atoms with van der Waals surface area (Å²) in [6.45, 7) is 4.66. The standard InChI is InChI=1S/C25H25N5O3/c1-19(31)25-26-11-13-30(25)17-22-16-23(33-27-22)21-9-7-20(8-10-21)6-4-3-5-12-29-15-14-28(2)24(32)18-29/h7-11,13,16,19,31H,12,14-15,17-18H2,1-2H3/t19-/m0/s1. The van der Waals surface area contributed by atoms with Crippen LogP contribution in [0.25, 0.3) is 11.3 Å². The topological polar surface area (TPSA) is 87.6 Å². The van der Waals surface area contributed by atoms with Gasteiger partial charge in [-0.05, 0) is 43.0 Å². The molecule has 8 nitrogen and oxygen atoms in total. The van der Waals surface area contributed by atoms with Crippen LogP contribution in [0.15, 0.2) is 47.2 Å². The smallest absolute Gasteiger partial charge is 0.236 e. The summed E-state index contributed by atoms with van der Waals surface area (Å²) in [6.07, 6.45) is 2.80. The van der Waals surface area contributed by atoms with Gasteiger partial charge in [0.15, 0.2) is 5.76 Å². The molecule has 1 fully saturated rings. The van der Waals surface area contributed by atoms with Crippen LogP contribution in [0, 0.1) is 23.7 Å². The molecular weight excluding hydrogens is 418 g/mol. The highest BCUT2D eigenvalue weighted by Gasteiger charge is 2.19. The zero-order chi connectivity index (χ0) is 23.2. The van der Waals surface area contributed by atoms with Gasteiger partial charge in [0.05, 0.1) is 19.6 Å². The normalized spacial score (nSPS) is 14.9. The van der Waals surface area contributed by atoms with E-state index in [4.69, 9.17) is 4.52 Å². The van der Waals surface area contributed by atoms with E-state index in [9.17, 15) is 9.90 Å². The highest BCUT2D eigenvalue weighted by Crippen LogP contribution is 2.22. The maximum atomic E-state index is 11.7. The summed E-state index contributed by atoms with van der Waals surface area (Å²) in [4.78, 5) is 19.6.